The molecule has 2 aromatic carbocycles. The summed E-state index contributed by atoms with van der Waals surface area (Å²) >= 11 is 4.73. The van der Waals surface area contributed by atoms with Crippen molar-refractivity contribution < 1.29 is 32.6 Å². The molecule has 2 rings (SSSR count). The molecule has 2 aromatic rings. The second-order valence-electron chi connectivity index (χ2n) is 5.44. The van der Waals surface area contributed by atoms with Gasteiger partial charge in [0.25, 0.3) is 5.91 Å². The van der Waals surface area contributed by atoms with Crippen molar-refractivity contribution in [1.29, 1.82) is 0 Å². The van der Waals surface area contributed by atoms with Gasteiger partial charge in [-0.05, 0) is 62.8 Å². The summed E-state index contributed by atoms with van der Waals surface area (Å²) < 4.78 is 47.7. The van der Waals surface area contributed by atoms with E-state index in [1.165, 1.54) is 19.2 Å². The van der Waals surface area contributed by atoms with Crippen LogP contribution in [0.3, 0.4) is 0 Å². The lowest BCUT2D eigenvalue weighted by Gasteiger charge is -2.16. The summed E-state index contributed by atoms with van der Waals surface area (Å²) in [6.45, 7) is -0.528. The zero-order valence-corrected chi connectivity index (χ0v) is 18.1. The van der Waals surface area contributed by atoms with Gasteiger partial charge >= 0.3 is 0 Å². The predicted molar refractivity (Wildman–Crippen MR) is 108 cm³/mol. The summed E-state index contributed by atoms with van der Waals surface area (Å²) in [4.78, 5) is 17.3. The van der Waals surface area contributed by atoms with Crippen molar-refractivity contribution in [3.8, 4) is 0 Å². The number of hydrogen-bond acceptors (Lipinski definition) is 5. The SMILES string of the molecule is COC(CO)CONC(=O)c1cc(Br)c(F)c(F)c1Nc1ccc(I)cc1F. The standard InChI is InChI=1S/C17H15BrF3IN2O4/c1-27-9(6-25)7-28-24-17(26)10-5-11(18)14(20)15(21)16(10)23-13-3-2-8(22)4-12(13)19/h2-5,9,23,25H,6-7H2,1H3,(H,24,26). The number of hydrogen-bond donors (Lipinski definition) is 3. The van der Waals surface area contributed by atoms with Gasteiger partial charge in [0.15, 0.2) is 11.6 Å². The first-order valence-corrected chi connectivity index (χ1v) is 9.61. The predicted octanol–water partition coefficient (Wildman–Crippen LogP) is 3.88. The Labute approximate surface area is 180 Å². The Morgan fingerprint density at radius 1 is 1.29 bits per heavy atom. The molecule has 0 aliphatic carbocycles. The number of benzene rings is 2. The highest BCUT2D eigenvalue weighted by Crippen LogP contribution is 2.32. The van der Waals surface area contributed by atoms with Crippen molar-refractivity contribution in [2.45, 2.75) is 6.10 Å². The van der Waals surface area contributed by atoms with Crippen LogP contribution in [0.4, 0.5) is 24.5 Å². The number of anilines is 2. The van der Waals surface area contributed by atoms with Gasteiger partial charge in [-0.15, -0.1) is 0 Å². The van der Waals surface area contributed by atoms with E-state index in [2.05, 4.69) is 21.2 Å². The fourth-order valence-corrected chi connectivity index (χ4v) is 2.93. The molecule has 0 bridgehead atoms. The molecule has 0 fully saturated rings. The van der Waals surface area contributed by atoms with Crippen LogP contribution < -0.4 is 10.8 Å². The van der Waals surface area contributed by atoms with E-state index in [0.29, 0.717) is 3.57 Å². The van der Waals surface area contributed by atoms with E-state index in [1.807, 2.05) is 28.1 Å². The van der Waals surface area contributed by atoms with E-state index < -0.39 is 35.2 Å². The molecule has 0 aromatic heterocycles. The van der Waals surface area contributed by atoms with Crippen molar-refractivity contribution in [2.75, 3.05) is 25.6 Å². The Morgan fingerprint density at radius 3 is 2.61 bits per heavy atom. The molecule has 1 atom stereocenters. The molecule has 0 saturated carbocycles. The largest absolute Gasteiger partial charge is 0.394 e. The number of aliphatic hydroxyl groups is 1. The van der Waals surface area contributed by atoms with Crippen LogP contribution in [0.2, 0.25) is 0 Å². The monoisotopic (exact) mass is 574 g/mol. The lowest BCUT2D eigenvalue weighted by molar-refractivity contribution is -0.0469. The van der Waals surface area contributed by atoms with Gasteiger partial charge in [-0.1, -0.05) is 0 Å². The number of amides is 1. The van der Waals surface area contributed by atoms with Crippen LogP contribution in [0.1, 0.15) is 10.4 Å². The summed E-state index contributed by atoms with van der Waals surface area (Å²) in [5, 5.41) is 11.4. The highest BCUT2D eigenvalue weighted by molar-refractivity contribution is 14.1. The summed E-state index contributed by atoms with van der Waals surface area (Å²) in [7, 11) is 1.34. The molecule has 28 heavy (non-hydrogen) atoms. The third kappa shape index (κ3) is 5.56. The average molecular weight is 575 g/mol. The fraction of sp³-hybridized carbons (Fsp3) is 0.235. The third-order valence-corrected chi connectivity index (χ3v) is 4.82. The molecule has 0 spiro atoms. The van der Waals surface area contributed by atoms with Gasteiger partial charge in [-0.2, -0.15) is 0 Å². The Balaban J connectivity index is 2.31. The lowest BCUT2D eigenvalue weighted by atomic mass is 10.1. The molecule has 0 saturated heterocycles. The van der Waals surface area contributed by atoms with Crippen molar-refractivity contribution in [2.24, 2.45) is 0 Å². The maximum absolute atomic E-state index is 14.5. The summed E-state index contributed by atoms with van der Waals surface area (Å²) in [6, 6.07) is 5.11. The van der Waals surface area contributed by atoms with Crippen molar-refractivity contribution >= 4 is 55.8 Å². The van der Waals surface area contributed by atoms with Gasteiger partial charge in [0.05, 0.1) is 28.0 Å². The van der Waals surface area contributed by atoms with Crippen LogP contribution in [0.5, 0.6) is 0 Å². The molecule has 152 valence electrons. The smallest absolute Gasteiger partial charge is 0.277 e. The van der Waals surface area contributed by atoms with Crippen LogP contribution in [0.15, 0.2) is 28.7 Å². The van der Waals surface area contributed by atoms with E-state index in [0.717, 1.165) is 6.07 Å². The Morgan fingerprint density at radius 2 is 2.00 bits per heavy atom. The Hall–Kier alpha value is -1.41. The topological polar surface area (TPSA) is 79.8 Å². The maximum atomic E-state index is 14.5. The zero-order chi connectivity index (χ0) is 20.8. The second-order valence-corrected chi connectivity index (χ2v) is 7.54. The van der Waals surface area contributed by atoms with E-state index in [1.54, 1.807) is 6.07 Å². The molecule has 1 unspecified atom stereocenters. The average Bonchev–Trinajstić information content (AvgIpc) is 2.67. The van der Waals surface area contributed by atoms with Crippen LogP contribution in [0, 0.1) is 21.0 Å². The van der Waals surface area contributed by atoms with Gasteiger partial charge in [0.1, 0.15) is 18.5 Å². The van der Waals surface area contributed by atoms with Gasteiger partial charge in [-0.25, -0.2) is 18.7 Å². The highest BCUT2D eigenvalue weighted by Gasteiger charge is 2.23. The van der Waals surface area contributed by atoms with E-state index >= 15 is 0 Å². The van der Waals surface area contributed by atoms with Gasteiger partial charge in [0, 0.05) is 10.7 Å². The number of carbonyl (C=O) groups excluding carboxylic acids is 1. The minimum absolute atomic E-state index is 0.143. The first kappa shape index (κ1) is 22.9. The zero-order valence-electron chi connectivity index (χ0n) is 14.4. The van der Waals surface area contributed by atoms with Crippen LogP contribution in [0.25, 0.3) is 0 Å². The second kappa shape index (κ2) is 10.4. The summed E-state index contributed by atoms with van der Waals surface area (Å²) in [6.07, 6.45) is -0.685. The Kier molecular flexibility index (Phi) is 8.49. The normalized spacial score (nSPS) is 12.0. The number of methoxy groups -OCH3 is 1. The molecule has 0 heterocycles. The third-order valence-electron chi connectivity index (χ3n) is 3.57. The number of halogens is 5. The summed E-state index contributed by atoms with van der Waals surface area (Å²) in [5.41, 5.74) is 1.01. The van der Waals surface area contributed by atoms with Gasteiger partial charge < -0.3 is 15.2 Å². The number of ether oxygens (including phenoxy) is 1. The van der Waals surface area contributed by atoms with Crippen molar-refractivity contribution in [1.82, 2.24) is 5.48 Å². The molecular weight excluding hydrogens is 560 g/mol. The lowest BCUT2D eigenvalue weighted by Crippen LogP contribution is -2.31. The molecule has 0 aliphatic heterocycles. The first-order valence-electron chi connectivity index (χ1n) is 7.73. The number of hydroxylamine groups is 1. The van der Waals surface area contributed by atoms with E-state index in [-0.39, 0.29) is 28.9 Å². The fourth-order valence-electron chi connectivity index (χ4n) is 2.07. The number of nitrogens with one attached hydrogen (secondary N) is 2. The van der Waals surface area contributed by atoms with Crippen molar-refractivity contribution in [3.63, 3.8) is 0 Å². The minimum atomic E-state index is -1.37. The molecule has 3 N–H and O–H groups in total. The van der Waals surface area contributed by atoms with Crippen LogP contribution >= 0.6 is 38.5 Å². The first-order chi connectivity index (χ1) is 13.3. The molecule has 11 heteroatoms. The number of carbonyl (C=O) groups is 1. The van der Waals surface area contributed by atoms with Gasteiger partial charge in [0.2, 0.25) is 0 Å². The summed E-state index contributed by atoms with van der Waals surface area (Å²) in [5.74, 6) is -4.24. The van der Waals surface area contributed by atoms with Crippen molar-refractivity contribution in [3.05, 3.63) is 55.3 Å². The number of aliphatic hydroxyl groups excluding tert-OH is 1. The molecule has 0 aliphatic rings. The highest BCUT2D eigenvalue weighted by atomic mass is 127. The number of rotatable bonds is 8. The van der Waals surface area contributed by atoms with Crippen LogP contribution in [-0.4, -0.2) is 37.4 Å². The van der Waals surface area contributed by atoms with Crippen LogP contribution in [-0.2, 0) is 9.57 Å². The van der Waals surface area contributed by atoms with Gasteiger partial charge in [-0.3, -0.25) is 9.63 Å². The molecule has 1 amide bonds. The molecular formula is C17H15BrF3IN2O4. The minimum Gasteiger partial charge on any atom is -0.394 e. The molecule has 0 radical (unpaired) electrons. The Bertz CT molecular complexity index is 869. The quantitative estimate of drug-likeness (QED) is 0.253. The molecule has 6 nitrogen and oxygen atoms in total. The maximum Gasteiger partial charge on any atom is 0.277 e. The van der Waals surface area contributed by atoms with E-state index in [4.69, 9.17) is 14.7 Å². The van der Waals surface area contributed by atoms with E-state index in [9.17, 15) is 18.0 Å².